The smallest absolute Gasteiger partial charge is 0.307 e. The van der Waals surface area contributed by atoms with Gasteiger partial charge in [0.05, 0.1) is 23.3 Å². The Labute approximate surface area is 149 Å². The largest absolute Gasteiger partial charge is 0.469 e. The molecule has 0 aliphatic rings. The SMILES string of the molecule is COC(=O)CC(N)c1cc(C)cc(S(=O)(=O)c2ccc(Br)cc2)c1. The van der Waals surface area contributed by atoms with Crippen LogP contribution in [0.1, 0.15) is 23.6 Å². The molecule has 0 saturated heterocycles. The second-order valence-electron chi connectivity index (χ2n) is 5.42. The molecule has 2 N–H and O–H groups in total. The molecule has 7 heteroatoms. The maximum atomic E-state index is 12.8. The Balaban J connectivity index is 2.44. The lowest BCUT2D eigenvalue weighted by atomic mass is 10.0. The van der Waals surface area contributed by atoms with Crippen molar-refractivity contribution >= 4 is 31.7 Å². The summed E-state index contributed by atoms with van der Waals surface area (Å²) in [6, 6.07) is 10.7. The van der Waals surface area contributed by atoms with Crippen molar-refractivity contribution in [1.29, 1.82) is 0 Å². The zero-order valence-electron chi connectivity index (χ0n) is 13.3. The molecule has 128 valence electrons. The highest BCUT2D eigenvalue weighted by Crippen LogP contribution is 2.27. The molecule has 0 aliphatic heterocycles. The number of hydrogen-bond donors (Lipinski definition) is 1. The van der Waals surface area contributed by atoms with E-state index in [1.54, 1.807) is 31.2 Å². The number of halogens is 1. The Kier molecular flexibility index (Phi) is 5.79. The van der Waals surface area contributed by atoms with Gasteiger partial charge < -0.3 is 10.5 Å². The van der Waals surface area contributed by atoms with Crippen LogP contribution in [-0.4, -0.2) is 21.5 Å². The standard InChI is InChI=1S/C17H18BrNO4S/c1-11-7-12(16(19)10-17(20)23-2)9-15(8-11)24(21,22)14-5-3-13(18)4-6-14/h3-9,16H,10,19H2,1-2H3. The fourth-order valence-corrected chi connectivity index (χ4v) is 3.94. The third-order valence-electron chi connectivity index (χ3n) is 3.55. The maximum absolute atomic E-state index is 12.8. The first-order chi connectivity index (χ1) is 11.2. The molecule has 0 saturated carbocycles. The summed E-state index contributed by atoms with van der Waals surface area (Å²) in [5, 5.41) is 0. The van der Waals surface area contributed by atoms with Crippen LogP contribution in [0.3, 0.4) is 0 Å². The predicted molar refractivity (Wildman–Crippen MR) is 94.3 cm³/mol. The first kappa shape index (κ1) is 18.6. The van der Waals surface area contributed by atoms with Crippen molar-refractivity contribution in [2.45, 2.75) is 29.2 Å². The summed E-state index contributed by atoms with van der Waals surface area (Å²) >= 11 is 3.29. The van der Waals surface area contributed by atoms with E-state index in [1.807, 2.05) is 0 Å². The Bertz CT molecular complexity index is 847. The van der Waals surface area contributed by atoms with Gasteiger partial charge in [0.25, 0.3) is 0 Å². The van der Waals surface area contributed by atoms with Gasteiger partial charge in [-0.2, -0.15) is 0 Å². The van der Waals surface area contributed by atoms with Crippen LogP contribution in [0.25, 0.3) is 0 Å². The predicted octanol–water partition coefficient (Wildman–Crippen LogP) is 3.15. The van der Waals surface area contributed by atoms with Crippen LogP contribution in [0.15, 0.2) is 56.7 Å². The van der Waals surface area contributed by atoms with E-state index in [1.165, 1.54) is 25.3 Å². The van der Waals surface area contributed by atoms with Crippen LogP contribution in [0.2, 0.25) is 0 Å². The van der Waals surface area contributed by atoms with Crippen LogP contribution in [0.5, 0.6) is 0 Å². The third kappa shape index (κ3) is 4.23. The van der Waals surface area contributed by atoms with E-state index in [4.69, 9.17) is 5.73 Å². The minimum absolute atomic E-state index is 0.0161. The highest BCUT2D eigenvalue weighted by molar-refractivity contribution is 9.10. The number of sulfone groups is 1. The van der Waals surface area contributed by atoms with Gasteiger partial charge in [-0.3, -0.25) is 4.79 Å². The zero-order valence-corrected chi connectivity index (χ0v) is 15.7. The molecular formula is C17H18BrNO4S. The molecular weight excluding hydrogens is 394 g/mol. The zero-order chi connectivity index (χ0) is 17.9. The van der Waals surface area contributed by atoms with Gasteiger partial charge in [0.15, 0.2) is 0 Å². The van der Waals surface area contributed by atoms with E-state index in [2.05, 4.69) is 20.7 Å². The van der Waals surface area contributed by atoms with E-state index in [0.29, 0.717) is 5.56 Å². The van der Waals surface area contributed by atoms with Gasteiger partial charge in [-0.25, -0.2) is 8.42 Å². The second kappa shape index (κ2) is 7.46. The molecule has 0 fully saturated rings. The lowest BCUT2D eigenvalue weighted by Gasteiger charge is -2.14. The summed E-state index contributed by atoms with van der Waals surface area (Å²) < 4.78 is 31.0. The molecule has 24 heavy (non-hydrogen) atoms. The molecule has 5 nitrogen and oxygen atoms in total. The molecule has 2 rings (SSSR count). The summed E-state index contributed by atoms with van der Waals surface area (Å²) in [6.45, 7) is 1.79. The monoisotopic (exact) mass is 411 g/mol. The number of aryl methyl sites for hydroxylation is 1. The molecule has 2 aromatic carbocycles. The Morgan fingerprint density at radius 3 is 2.38 bits per heavy atom. The van der Waals surface area contributed by atoms with Crippen LogP contribution in [0, 0.1) is 6.92 Å². The molecule has 0 amide bonds. The van der Waals surface area contributed by atoms with Gasteiger partial charge in [0.2, 0.25) is 9.84 Å². The summed E-state index contributed by atoms with van der Waals surface area (Å²) in [5.74, 6) is -0.443. The Morgan fingerprint density at radius 2 is 1.79 bits per heavy atom. The molecule has 0 aliphatic carbocycles. The van der Waals surface area contributed by atoms with Crippen molar-refractivity contribution in [3.63, 3.8) is 0 Å². The third-order valence-corrected chi connectivity index (χ3v) is 5.83. The first-order valence-corrected chi connectivity index (χ1v) is 9.46. The number of carbonyl (C=O) groups is 1. The van der Waals surface area contributed by atoms with Crippen LogP contribution in [-0.2, 0) is 19.4 Å². The van der Waals surface area contributed by atoms with Crippen molar-refractivity contribution in [1.82, 2.24) is 0 Å². The highest BCUT2D eigenvalue weighted by Gasteiger charge is 2.21. The lowest BCUT2D eigenvalue weighted by molar-refractivity contribution is -0.141. The van der Waals surface area contributed by atoms with Gasteiger partial charge in [0.1, 0.15) is 0 Å². The number of carbonyl (C=O) groups excluding carboxylic acids is 1. The number of rotatable bonds is 5. The quantitative estimate of drug-likeness (QED) is 0.763. The summed E-state index contributed by atoms with van der Waals surface area (Å²) in [6.07, 6.45) is -0.0161. The van der Waals surface area contributed by atoms with Gasteiger partial charge in [-0.05, 0) is 54.4 Å². The van der Waals surface area contributed by atoms with Crippen molar-refractivity contribution < 1.29 is 17.9 Å². The Hall–Kier alpha value is -1.70. The minimum Gasteiger partial charge on any atom is -0.469 e. The number of ether oxygens (including phenoxy) is 1. The Morgan fingerprint density at radius 1 is 1.17 bits per heavy atom. The average Bonchev–Trinajstić information content (AvgIpc) is 2.54. The number of hydrogen-bond acceptors (Lipinski definition) is 5. The molecule has 1 atom stereocenters. The molecule has 2 aromatic rings. The number of nitrogens with two attached hydrogens (primary N) is 1. The van der Waals surface area contributed by atoms with Gasteiger partial charge in [-0.1, -0.05) is 22.0 Å². The fourth-order valence-electron chi connectivity index (χ4n) is 2.28. The van der Waals surface area contributed by atoms with E-state index >= 15 is 0 Å². The number of benzene rings is 2. The molecule has 0 heterocycles. The minimum atomic E-state index is -3.66. The average molecular weight is 412 g/mol. The van der Waals surface area contributed by atoms with Crippen LogP contribution < -0.4 is 5.73 Å². The second-order valence-corrected chi connectivity index (χ2v) is 8.29. The van der Waals surface area contributed by atoms with E-state index in [9.17, 15) is 13.2 Å². The summed E-state index contributed by atoms with van der Waals surface area (Å²) in [4.78, 5) is 11.7. The summed E-state index contributed by atoms with van der Waals surface area (Å²) in [7, 11) is -2.37. The van der Waals surface area contributed by atoms with Gasteiger partial charge >= 0.3 is 5.97 Å². The van der Waals surface area contributed by atoms with Crippen molar-refractivity contribution in [2.75, 3.05) is 7.11 Å². The fraction of sp³-hybridized carbons (Fsp3) is 0.235. The van der Waals surface area contributed by atoms with E-state index in [-0.39, 0.29) is 16.2 Å². The van der Waals surface area contributed by atoms with Crippen molar-refractivity contribution in [3.8, 4) is 0 Å². The highest BCUT2D eigenvalue weighted by atomic mass is 79.9. The molecule has 0 spiro atoms. The maximum Gasteiger partial charge on any atom is 0.307 e. The van der Waals surface area contributed by atoms with Gasteiger partial charge in [-0.15, -0.1) is 0 Å². The van der Waals surface area contributed by atoms with E-state index in [0.717, 1.165) is 10.0 Å². The normalized spacial score (nSPS) is 12.7. The molecule has 0 aromatic heterocycles. The van der Waals surface area contributed by atoms with Crippen LogP contribution in [0.4, 0.5) is 0 Å². The molecule has 0 bridgehead atoms. The van der Waals surface area contributed by atoms with Gasteiger partial charge in [0, 0.05) is 10.5 Å². The molecule has 0 radical (unpaired) electrons. The van der Waals surface area contributed by atoms with E-state index < -0.39 is 21.8 Å². The topological polar surface area (TPSA) is 86.5 Å². The summed E-state index contributed by atoms with van der Waals surface area (Å²) in [5.41, 5.74) is 7.34. The number of methoxy groups -OCH3 is 1. The first-order valence-electron chi connectivity index (χ1n) is 7.18. The molecule has 1 unspecified atom stereocenters. The van der Waals surface area contributed by atoms with Crippen molar-refractivity contribution in [3.05, 3.63) is 58.1 Å². The lowest BCUT2D eigenvalue weighted by Crippen LogP contribution is -2.17. The number of esters is 1. The van der Waals surface area contributed by atoms with Crippen LogP contribution >= 0.6 is 15.9 Å². The van der Waals surface area contributed by atoms with Crippen molar-refractivity contribution in [2.24, 2.45) is 5.73 Å².